The summed E-state index contributed by atoms with van der Waals surface area (Å²) < 4.78 is 5.91. The minimum Gasteiger partial charge on any atom is -0.490 e. The molecule has 22 heavy (non-hydrogen) atoms. The SMILES string of the molecule is CCN1CCN(CC(O)COc2c(C)ccc(C)c2C)CC1. The predicted molar refractivity (Wildman–Crippen MR) is 90.7 cm³/mol. The van der Waals surface area contributed by atoms with E-state index in [4.69, 9.17) is 4.74 Å². The molecule has 1 aliphatic heterocycles. The number of β-amino-alcohol motifs (C(OH)–C–C–N with tert-alkyl or cyclic N) is 1. The van der Waals surface area contributed by atoms with Gasteiger partial charge in [-0.2, -0.15) is 0 Å². The summed E-state index contributed by atoms with van der Waals surface area (Å²) in [4.78, 5) is 4.77. The average molecular weight is 306 g/mol. The molecule has 1 aromatic rings. The quantitative estimate of drug-likeness (QED) is 0.872. The maximum Gasteiger partial charge on any atom is 0.125 e. The summed E-state index contributed by atoms with van der Waals surface area (Å²) in [6, 6.07) is 4.19. The topological polar surface area (TPSA) is 35.9 Å². The lowest BCUT2D eigenvalue weighted by molar-refractivity contribution is 0.0467. The first kappa shape index (κ1) is 17.3. The monoisotopic (exact) mass is 306 g/mol. The molecule has 1 unspecified atom stereocenters. The van der Waals surface area contributed by atoms with Gasteiger partial charge in [-0.3, -0.25) is 4.90 Å². The first-order valence-electron chi connectivity index (χ1n) is 8.33. The molecule has 1 aromatic carbocycles. The van der Waals surface area contributed by atoms with Crippen molar-refractivity contribution in [3.05, 3.63) is 28.8 Å². The Morgan fingerprint density at radius 1 is 1.05 bits per heavy atom. The molecule has 1 atom stereocenters. The van der Waals surface area contributed by atoms with Crippen LogP contribution >= 0.6 is 0 Å². The van der Waals surface area contributed by atoms with E-state index in [9.17, 15) is 5.11 Å². The first-order chi connectivity index (χ1) is 10.5. The third-order valence-corrected chi connectivity index (χ3v) is 4.67. The first-order valence-corrected chi connectivity index (χ1v) is 8.33. The van der Waals surface area contributed by atoms with Crippen molar-refractivity contribution in [1.29, 1.82) is 0 Å². The number of likely N-dealkylation sites (N-methyl/N-ethyl adjacent to an activating group) is 1. The van der Waals surface area contributed by atoms with E-state index in [-0.39, 0.29) is 0 Å². The van der Waals surface area contributed by atoms with Crippen LogP contribution in [0.1, 0.15) is 23.6 Å². The molecule has 0 saturated carbocycles. The van der Waals surface area contributed by atoms with E-state index in [2.05, 4.69) is 49.6 Å². The van der Waals surface area contributed by atoms with Gasteiger partial charge in [0.1, 0.15) is 18.5 Å². The molecule has 0 aliphatic carbocycles. The highest BCUT2D eigenvalue weighted by atomic mass is 16.5. The Morgan fingerprint density at radius 3 is 2.27 bits per heavy atom. The maximum atomic E-state index is 10.3. The number of piperazine rings is 1. The fraction of sp³-hybridized carbons (Fsp3) is 0.667. The second-order valence-electron chi connectivity index (χ2n) is 6.35. The molecular weight excluding hydrogens is 276 g/mol. The van der Waals surface area contributed by atoms with E-state index in [1.54, 1.807) is 0 Å². The van der Waals surface area contributed by atoms with Crippen LogP contribution in [0.4, 0.5) is 0 Å². The smallest absolute Gasteiger partial charge is 0.125 e. The molecule has 0 radical (unpaired) electrons. The van der Waals surface area contributed by atoms with Crippen LogP contribution in [0.3, 0.4) is 0 Å². The second-order valence-corrected chi connectivity index (χ2v) is 6.35. The lowest BCUT2D eigenvalue weighted by Crippen LogP contribution is -2.49. The summed E-state index contributed by atoms with van der Waals surface area (Å²) in [6.45, 7) is 14.9. The number of nitrogens with zero attached hydrogens (tertiary/aromatic N) is 2. The van der Waals surface area contributed by atoms with E-state index in [1.165, 1.54) is 11.1 Å². The summed E-state index contributed by atoms with van der Waals surface area (Å²) >= 11 is 0. The van der Waals surface area contributed by atoms with Crippen molar-refractivity contribution in [1.82, 2.24) is 9.80 Å². The summed E-state index contributed by atoms with van der Waals surface area (Å²) in [5.74, 6) is 0.926. The van der Waals surface area contributed by atoms with Gasteiger partial charge in [-0.05, 0) is 44.0 Å². The van der Waals surface area contributed by atoms with Gasteiger partial charge in [0.15, 0.2) is 0 Å². The number of aryl methyl sites for hydroxylation is 2. The van der Waals surface area contributed by atoms with Gasteiger partial charge in [-0.25, -0.2) is 0 Å². The fourth-order valence-electron chi connectivity index (χ4n) is 2.97. The zero-order valence-electron chi connectivity index (χ0n) is 14.4. The molecule has 0 aromatic heterocycles. The molecule has 124 valence electrons. The van der Waals surface area contributed by atoms with Crippen LogP contribution in [0.25, 0.3) is 0 Å². The molecule has 0 amide bonds. The second kappa shape index (κ2) is 7.95. The largest absolute Gasteiger partial charge is 0.490 e. The van der Waals surface area contributed by atoms with Gasteiger partial charge in [-0.1, -0.05) is 19.1 Å². The fourth-order valence-corrected chi connectivity index (χ4v) is 2.97. The number of benzene rings is 1. The van der Waals surface area contributed by atoms with Crippen molar-refractivity contribution < 1.29 is 9.84 Å². The number of aliphatic hydroxyl groups excluding tert-OH is 1. The summed E-state index contributed by atoms with van der Waals surface area (Å²) in [6.07, 6.45) is -0.438. The van der Waals surface area contributed by atoms with Crippen LogP contribution in [0.15, 0.2) is 12.1 Å². The molecular formula is C18H30N2O2. The van der Waals surface area contributed by atoms with E-state index in [1.807, 2.05) is 0 Å². The van der Waals surface area contributed by atoms with Gasteiger partial charge >= 0.3 is 0 Å². The van der Waals surface area contributed by atoms with E-state index in [0.717, 1.165) is 44.0 Å². The molecule has 2 rings (SSSR count). The Labute approximate surface area is 134 Å². The molecule has 1 aliphatic rings. The number of hydrogen-bond donors (Lipinski definition) is 1. The number of ether oxygens (including phenoxy) is 1. The molecule has 4 nitrogen and oxygen atoms in total. The van der Waals surface area contributed by atoms with Gasteiger partial charge < -0.3 is 14.7 Å². The van der Waals surface area contributed by atoms with Crippen LogP contribution < -0.4 is 4.74 Å². The number of rotatable bonds is 6. The van der Waals surface area contributed by atoms with Crippen LogP contribution in [-0.4, -0.2) is 66.9 Å². The lowest BCUT2D eigenvalue weighted by Gasteiger charge is -2.35. The van der Waals surface area contributed by atoms with Crippen LogP contribution in [0.5, 0.6) is 5.75 Å². The Kier molecular flexibility index (Phi) is 6.24. The van der Waals surface area contributed by atoms with Crippen LogP contribution in [0.2, 0.25) is 0 Å². The van der Waals surface area contributed by atoms with Crippen LogP contribution in [-0.2, 0) is 0 Å². The molecule has 1 heterocycles. The summed E-state index contributed by atoms with van der Waals surface area (Å²) in [5.41, 5.74) is 3.53. The van der Waals surface area contributed by atoms with Gasteiger partial charge in [0.05, 0.1) is 0 Å². The van der Waals surface area contributed by atoms with Gasteiger partial charge in [-0.15, -0.1) is 0 Å². The van der Waals surface area contributed by atoms with E-state index in [0.29, 0.717) is 13.2 Å². The molecule has 4 heteroatoms. The minimum atomic E-state index is -0.438. The zero-order chi connectivity index (χ0) is 16.1. The van der Waals surface area contributed by atoms with Gasteiger partial charge in [0.2, 0.25) is 0 Å². The third-order valence-electron chi connectivity index (χ3n) is 4.67. The Bertz CT molecular complexity index is 482. The van der Waals surface area contributed by atoms with Gasteiger partial charge in [0, 0.05) is 32.7 Å². The predicted octanol–water partition coefficient (Wildman–Crippen LogP) is 1.99. The molecule has 1 fully saturated rings. The molecule has 1 N–H and O–H groups in total. The highest BCUT2D eigenvalue weighted by molar-refractivity contribution is 5.44. The van der Waals surface area contributed by atoms with Crippen molar-refractivity contribution in [2.24, 2.45) is 0 Å². The normalized spacial score (nSPS) is 18.4. The average Bonchev–Trinajstić information content (AvgIpc) is 2.52. The Morgan fingerprint density at radius 2 is 1.64 bits per heavy atom. The minimum absolute atomic E-state index is 0.360. The number of aliphatic hydroxyl groups is 1. The molecule has 1 saturated heterocycles. The van der Waals surface area contributed by atoms with Crippen molar-refractivity contribution in [3.8, 4) is 5.75 Å². The van der Waals surface area contributed by atoms with Crippen molar-refractivity contribution >= 4 is 0 Å². The zero-order valence-corrected chi connectivity index (χ0v) is 14.4. The lowest BCUT2D eigenvalue weighted by atomic mass is 10.1. The van der Waals surface area contributed by atoms with Crippen molar-refractivity contribution in [3.63, 3.8) is 0 Å². The highest BCUT2D eigenvalue weighted by Crippen LogP contribution is 2.25. The highest BCUT2D eigenvalue weighted by Gasteiger charge is 2.19. The van der Waals surface area contributed by atoms with Crippen LogP contribution in [0, 0.1) is 20.8 Å². The maximum absolute atomic E-state index is 10.3. The van der Waals surface area contributed by atoms with Crippen molar-refractivity contribution in [2.75, 3.05) is 45.9 Å². The summed E-state index contributed by atoms with van der Waals surface area (Å²) in [7, 11) is 0. The van der Waals surface area contributed by atoms with Gasteiger partial charge in [0.25, 0.3) is 0 Å². The van der Waals surface area contributed by atoms with E-state index >= 15 is 0 Å². The molecule has 0 bridgehead atoms. The number of hydrogen-bond acceptors (Lipinski definition) is 4. The Hall–Kier alpha value is -1.10. The molecule has 0 spiro atoms. The third kappa shape index (κ3) is 4.45. The van der Waals surface area contributed by atoms with Crippen molar-refractivity contribution in [2.45, 2.75) is 33.8 Å². The standard InChI is InChI=1S/C18H30N2O2/c1-5-19-8-10-20(11-9-19)12-17(21)13-22-18-15(3)7-6-14(2)16(18)4/h6-7,17,21H,5,8-13H2,1-4H3. The van der Waals surface area contributed by atoms with E-state index < -0.39 is 6.10 Å². The summed E-state index contributed by atoms with van der Waals surface area (Å²) in [5, 5.41) is 10.3. The Balaban J connectivity index is 1.81.